The van der Waals surface area contributed by atoms with Crippen molar-refractivity contribution in [2.24, 2.45) is 0 Å². The van der Waals surface area contributed by atoms with Crippen LogP contribution in [-0.4, -0.2) is 23.9 Å². The van der Waals surface area contributed by atoms with Gasteiger partial charge in [0.2, 0.25) is 0 Å². The highest BCUT2D eigenvalue weighted by atomic mass is 32.1. The highest BCUT2D eigenvalue weighted by Crippen LogP contribution is 2.23. The number of hydrogen-bond donors (Lipinski definition) is 0. The van der Waals surface area contributed by atoms with Crippen LogP contribution in [0.3, 0.4) is 0 Å². The Morgan fingerprint density at radius 1 is 1.53 bits per heavy atom. The SMILES string of the molecule is Cc1cnc(COCC(F)(F)C(F)F)s1. The Morgan fingerprint density at radius 3 is 2.67 bits per heavy atom. The van der Waals surface area contributed by atoms with Crippen molar-refractivity contribution in [3.05, 3.63) is 16.1 Å². The molecule has 1 aromatic heterocycles. The van der Waals surface area contributed by atoms with Crippen molar-refractivity contribution in [3.63, 3.8) is 0 Å². The maximum Gasteiger partial charge on any atom is 0.330 e. The third-order valence-electron chi connectivity index (χ3n) is 1.51. The lowest BCUT2D eigenvalue weighted by Gasteiger charge is -2.14. The van der Waals surface area contributed by atoms with Crippen LogP contribution in [0.15, 0.2) is 6.20 Å². The van der Waals surface area contributed by atoms with E-state index in [9.17, 15) is 17.6 Å². The summed E-state index contributed by atoms with van der Waals surface area (Å²) in [7, 11) is 0. The van der Waals surface area contributed by atoms with Gasteiger partial charge in [-0.1, -0.05) is 0 Å². The number of halogens is 4. The second-order valence-electron chi connectivity index (χ2n) is 2.92. The van der Waals surface area contributed by atoms with Gasteiger partial charge in [-0.25, -0.2) is 13.8 Å². The fraction of sp³-hybridized carbons (Fsp3) is 0.625. The van der Waals surface area contributed by atoms with E-state index in [1.807, 2.05) is 0 Å². The van der Waals surface area contributed by atoms with Gasteiger partial charge < -0.3 is 4.74 Å². The molecule has 0 radical (unpaired) electrons. The van der Waals surface area contributed by atoms with Gasteiger partial charge in [0.15, 0.2) is 0 Å². The molecule has 0 bridgehead atoms. The summed E-state index contributed by atoms with van der Waals surface area (Å²) in [4.78, 5) is 4.75. The van der Waals surface area contributed by atoms with Crippen molar-refractivity contribution in [2.75, 3.05) is 6.61 Å². The molecule has 0 saturated heterocycles. The molecule has 1 heterocycles. The first-order valence-corrected chi connectivity index (χ1v) is 4.88. The molecule has 0 N–H and O–H groups in total. The van der Waals surface area contributed by atoms with E-state index in [1.54, 1.807) is 13.1 Å². The van der Waals surface area contributed by atoms with E-state index in [2.05, 4.69) is 9.72 Å². The number of ether oxygens (including phenoxy) is 1. The summed E-state index contributed by atoms with van der Waals surface area (Å²) < 4.78 is 52.6. The first-order valence-electron chi connectivity index (χ1n) is 4.07. The molecule has 7 heteroatoms. The Hall–Kier alpha value is -0.690. The lowest BCUT2D eigenvalue weighted by Crippen LogP contribution is -2.32. The van der Waals surface area contributed by atoms with Gasteiger partial charge >= 0.3 is 12.3 Å². The zero-order valence-electron chi connectivity index (χ0n) is 7.84. The molecule has 1 rings (SSSR count). The van der Waals surface area contributed by atoms with Crippen molar-refractivity contribution in [1.82, 2.24) is 4.98 Å². The number of aromatic nitrogens is 1. The molecule has 0 unspecified atom stereocenters. The van der Waals surface area contributed by atoms with Crippen molar-refractivity contribution in [1.29, 1.82) is 0 Å². The van der Waals surface area contributed by atoms with Gasteiger partial charge in [0.1, 0.15) is 11.6 Å². The Balaban J connectivity index is 2.33. The van der Waals surface area contributed by atoms with Crippen LogP contribution >= 0.6 is 11.3 Å². The van der Waals surface area contributed by atoms with E-state index in [4.69, 9.17) is 0 Å². The van der Waals surface area contributed by atoms with Gasteiger partial charge in [0, 0.05) is 11.1 Å². The van der Waals surface area contributed by atoms with E-state index in [1.165, 1.54) is 11.3 Å². The summed E-state index contributed by atoms with van der Waals surface area (Å²) in [5.41, 5.74) is 0. The molecule has 0 aliphatic rings. The number of aryl methyl sites for hydroxylation is 1. The maximum atomic E-state index is 12.4. The second kappa shape index (κ2) is 4.89. The molecule has 0 saturated carbocycles. The largest absolute Gasteiger partial charge is 0.368 e. The lowest BCUT2D eigenvalue weighted by atomic mass is 10.4. The third kappa shape index (κ3) is 3.75. The number of rotatable bonds is 5. The van der Waals surface area contributed by atoms with Gasteiger partial charge in [0.05, 0.1) is 6.61 Å². The third-order valence-corrected chi connectivity index (χ3v) is 2.39. The molecular weight excluding hydrogens is 234 g/mol. The molecule has 86 valence electrons. The van der Waals surface area contributed by atoms with Crippen LogP contribution in [0, 0.1) is 6.92 Å². The van der Waals surface area contributed by atoms with E-state index >= 15 is 0 Å². The smallest absolute Gasteiger partial charge is 0.330 e. The summed E-state index contributed by atoms with van der Waals surface area (Å²) in [6.07, 6.45) is -2.13. The molecule has 0 spiro atoms. The molecule has 0 aliphatic carbocycles. The molecule has 0 atom stereocenters. The van der Waals surface area contributed by atoms with Gasteiger partial charge in [-0.15, -0.1) is 11.3 Å². The molecule has 0 aliphatic heterocycles. The van der Waals surface area contributed by atoms with Crippen LogP contribution < -0.4 is 0 Å². The minimum atomic E-state index is -4.09. The van der Waals surface area contributed by atoms with Gasteiger partial charge in [-0.05, 0) is 6.92 Å². The zero-order chi connectivity index (χ0) is 11.5. The van der Waals surface area contributed by atoms with E-state index in [0.717, 1.165) is 4.88 Å². The monoisotopic (exact) mass is 243 g/mol. The Morgan fingerprint density at radius 2 is 2.20 bits per heavy atom. The summed E-state index contributed by atoms with van der Waals surface area (Å²) in [6, 6.07) is 0. The predicted octanol–water partition coefficient (Wildman–Crippen LogP) is 2.87. The Labute approximate surface area is 87.9 Å². The van der Waals surface area contributed by atoms with Crippen LogP contribution in [0.4, 0.5) is 17.6 Å². The quantitative estimate of drug-likeness (QED) is 0.742. The lowest BCUT2D eigenvalue weighted by molar-refractivity contribution is -0.168. The second-order valence-corrected chi connectivity index (χ2v) is 4.24. The van der Waals surface area contributed by atoms with Crippen LogP contribution in [0.5, 0.6) is 0 Å². The highest BCUT2D eigenvalue weighted by Gasteiger charge is 2.40. The van der Waals surface area contributed by atoms with Crippen LogP contribution in [0.25, 0.3) is 0 Å². The molecule has 2 nitrogen and oxygen atoms in total. The van der Waals surface area contributed by atoms with Crippen LogP contribution in [0.2, 0.25) is 0 Å². The molecular formula is C8H9F4NOS. The molecule has 1 aromatic rings. The van der Waals surface area contributed by atoms with E-state index in [-0.39, 0.29) is 6.61 Å². The van der Waals surface area contributed by atoms with E-state index < -0.39 is 19.0 Å². The van der Waals surface area contributed by atoms with E-state index in [0.29, 0.717) is 5.01 Å². The van der Waals surface area contributed by atoms with Gasteiger partial charge in [0.25, 0.3) is 0 Å². The molecule has 15 heavy (non-hydrogen) atoms. The maximum absolute atomic E-state index is 12.4. The minimum absolute atomic E-state index is 0.166. The highest BCUT2D eigenvalue weighted by molar-refractivity contribution is 7.11. The standard InChI is InChI=1S/C8H9F4NOS/c1-5-2-13-6(15-5)3-14-4-8(11,12)7(9)10/h2,7H,3-4H2,1H3. The summed E-state index contributed by atoms with van der Waals surface area (Å²) in [5, 5.41) is 0.498. The summed E-state index contributed by atoms with van der Waals surface area (Å²) >= 11 is 1.28. The molecule has 0 amide bonds. The number of nitrogens with zero attached hydrogens (tertiary/aromatic N) is 1. The topological polar surface area (TPSA) is 22.1 Å². The first-order chi connectivity index (χ1) is 6.92. The molecule has 0 aromatic carbocycles. The summed E-state index contributed by atoms with van der Waals surface area (Å²) in [5.74, 6) is -4.09. The van der Waals surface area contributed by atoms with Gasteiger partial charge in [-0.3, -0.25) is 0 Å². The van der Waals surface area contributed by atoms with Crippen molar-refractivity contribution < 1.29 is 22.3 Å². The van der Waals surface area contributed by atoms with Crippen molar-refractivity contribution >= 4 is 11.3 Å². The number of hydrogen-bond acceptors (Lipinski definition) is 3. The van der Waals surface area contributed by atoms with Crippen LogP contribution in [-0.2, 0) is 11.3 Å². The summed E-state index contributed by atoms with van der Waals surface area (Å²) in [6.45, 7) is 0.346. The number of thiazole rings is 1. The zero-order valence-corrected chi connectivity index (χ0v) is 8.66. The van der Waals surface area contributed by atoms with Gasteiger partial charge in [-0.2, -0.15) is 8.78 Å². The normalized spacial score (nSPS) is 12.4. The predicted molar refractivity (Wildman–Crippen MR) is 47.5 cm³/mol. The average Bonchev–Trinajstić information content (AvgIpc) is 2.51. The fourth-order valence-electron chi connectivity index (χ4n) is 0.806. The Bertz CT molecular complexity index is 315. The molecule has 0 fully saturated rings. The van der Waals surface area contributed by atoms with Crippen molar-refractivity contribution in [3.8, 4) is 0 Å². The average molecular weight is 243 g/mol. The van der Waals surface area contributed by atoms with Crippen LogP contribution in [0.1, 0.15) is 9.88 Å². The van der Waals surface area contributed by atoms with Crippen molar-refractivity contribution in [2.45, 2.75) is 25.9 Å². The first kappa shape index (κ1) is 12.4. The Kier molecular flexibility index (Phi) is 4.04. The fourth-order valence-corrected chi connectivity index (χ4v) is 1.53. The number of alkyl halides is 4. The minimum Gasteiger partial charge on any atom is -0.368 e.